The van der Waals surface area contributed by atoms with E-state index in [2.05, 4.69) is 43.4 Å². The molecule has 1 heteroatoms. The molecule has 0 radical (unpaired) electrons. The largest absolute Gasteiger partial charge is 0.315 e. The third kappa shape index (κ3) is 3.14. The smallest absolute Gasteiger partial charge is 0.0202 e. The lowest BCUT2D eigenvalue weighted by Crippen LogP contribution is -2.56. The second-order valence-corrected chi connectivity index (χ2v) is 5.92. The summed E-state index contributed by atoms with van der Waals surface area (Å²) in [4.78, 5) is 0. The zero-order valence-electron chi connectivity index (χ0n) is 12.0. The lowest BCUT2D eigenvalue weighted by Gasteiger charge is -2.43. The van der Waals surface area contributed by atoms with Gasteiger partial charge in [-0.15, -0.1) is 0 Å². The quantitative estimate of drug-likeness (QED) is 0.710. The van der Waals surface area contributed by atoms with Crippen LogP contribution in [0.1, 0.15) is 56.6 Å². The summed E-state index contributed by atoms with van der Waals surface area (Å²) in [5, 5.41) is 3.47. The molecular formula is C17H27N. The highest BCUT2D eigenvalue weighted by Crippen LogP contribution is 2.34. The Labute approximate surface area is 112 Å². The third-order valence-corrected chi connectivity index (χ3v) is 4.32. The molecule has 0 spiro atoms. The van der Waals surface area contributed by atoms with Crippen LogP contribution < -0.4 is 5.32 Å². The average molecular weight is 245 g/mol. The second kappa shape index (κ2) is 6.38. The number of nitrogens with one attached hydrogen (secondary N) is 1. The van der Waals surface area contributed by atoms with Crippen LogP contribution in [-0.2, 0) is 5.41 Å². The fourth-order valence-electron chi connectivity index (χ4n) is 2.99. The summed E-state index contributed by atoms with van der Waals surface area (Å²) < 4.78 is 0. The molecule has 18 heavy (non-hydrogen) atoms. The number of hydrogen-bond donors (Lipinski definition) is 1. The minimum atomic E-state index is 0.443. The van der Waals surface area contributed by atoms with E-state index in [1.807, 2.05) is 0 Å². The molecule has 1 aromatic rings. The molecule has 100 valence electrons. The van der Waals surface area contributed by atoms with E-state index in [0.29, 0.717) is 5.41 Å². The van der Waals surface area contributed by atoms with E-state index in [-0.39, 0.29) is 0 Å². The van der Waals surface area contributed by atoms with Crippen molar-refractivity contribution in [1.82, 2.24) is 5.32 Å². The standard InChI is InChI=1S/C17H27N/c1-3-4-5-6-7-11-17(13-18-14-17)16-10-8-9-15(2)12-16/h8-10,12,18H,3-7,11,13-14H2,1-2H3. The Morgan fingerprint density at radius 1 is 1.11 bits per heavy atom. The van der Waals surface area contributed by atoms with Gasteiger partial charge in [-0.25, -0.2) is 0 Å². The van der Waals surface area contributed by atoms with Crippen LogP contribution in [0.2, 0.25) is 0 Å². The Balaban J connectivity index is 1.90. The maximum atomic E-state index is 3.47. The van der Waals surface area contributed by atoms with Crippen molar-refractivity contribution >= 4 is 0 Å². The van der Waals surface area contributed by atoms with E-state index in [4.69, 9.17) is 0 Å². The van der Waals surface area contributed by atoms with Crippen molar-refractivity contribution in [2.75, 3.05) is 13.1 Å². The van der Waals surface area contributed by atoms with Gasteiger partial charge in [0.1, 0.15) is 0 Å². The first-order valence-corrected chi connectivity index (χ1v) is 7.55. The van der Waals surface area contributed by atoms with Crippen LogP contribution in [0, 0.1) is 6.92 Å². The number of unbranched alkanes of at least 4 members (excludes halogenated alkanes) is 4. The second-order valence-electron chi connectivity index (χ2n) is 5.92. The molecule has 1 saturated heterocycles. The first-order valence-electron chi connectivity index (χ1n) is 7.55. The van der Waals surface area contributed by atoms with E-state index < -0.39 is 0 Å². The van der Waals surface area contributed by atoms with E-state index in [1.54, 1.807) is 5.56 Å². The van der Waals surface area contributed by atoms with Gasteiger partial charge in [-0.3, -0.25) is 0 Å². The molecule has 0 aromatic heterocycles. The maximum Gasteiger partial charge on any atom is 0.0202 e. The molecule has 1 heterocycles. The Hall–Kier alpha value is -0.820. The maximum absolute atomic E-state index is 3.47. The van der Waals surface area contributed by atoms with Gasteiger partial charge in [0, 0.05) is 18.5 Å². The van der Waals surface area contributed by atoms with Gasteiger partial charge in [0.25, 0.3) is 0 Å². The van der Waals surface area contributed by atoms with Crippen LogP contribution in [-0.4, -0.2) is 13.1 Å². The molecule has 2 rings (SSSR count). The zero-order valence-corrected chi connectivity index (χ0v) is 12.0. The zero-order chi connectivity index (χ0) is 12.8. The van der Waals surface area contributed by atoms with E-state index >= 15 is 0 Å². The Morgan fingerprint density at radius 3 is 2.50 bits per heavy atom. The molecule has 1 aromatic carbocycles. The Kier molecular flexibility index (Phi) is 4.82. The molecule has 1 N–H and O–H groups in total. The summed E-state index contributed by atoms with van der Waals surface area (Å²) in [6.45, 7) is 6.82. The molecule has 0 amide bonds. The van der Waals surface area contributed by atoms with Gasteiger partial charge in [0.2, 0.25) is 0 Å². The van der Waals surface area contributed by atoms with Crippen molar-refractivity contribution in [2.24, 2.45) is 0 Å². The van der Waals surface area contributed by atoms with Crippen LogP contribution in [0.4, 0.5) is 0 Å². The molecule has 1 nitrogen and oxygen atoms in total. The first kappa shape index (κ1) is 13.6. The Morgan fingerprint density at radius 2 is 1.89 bits per heavy atom. The highest BCUT2D eigenvalue weighted by molar-refractivity contribution is 5.32. The molecule has 0 bridgehead atoms. The van der Waals surface area contributed by atoms with Gasteiger partial charge in [0.15, 0.2) is 0 Å². The van der Waals surface area contributed by atoms with E-state index in [1.165, 1.54) is 57.2 Å². The lowest BCUT2D eigenvalue weighted by molar-refractivity contribution is 0.249. The monoisotopic (exact) mass is 245 g/mol. The van der Waals surface area contributed by atoms with Gasteiger partial charge in [-0.1, -0.05) is 68.9 Å². The lowest BCUT2D eigenvalue weighted by atomic mass is 9.71. The van der Waals surface area contributed by atoms with Crippen LogP contribution in [0.25, 0.3) is 0 Å². The fraction of sp³-hybridized carbons (Fsp3) is 0.647. The summed E-state index contributed by atoms with van der Waals surface area (Å²) in [5.74, 6) is 0. The summed E-state index contributed by atoms with van der Waals surface area (Å²) in [7, 11) is 0. The number of hydrogen-bond acceptors (Lipinski definition) is 1. The van der Waals surface area contributed by atoms with Crippen molar-refractivity contribution in [3.05, 3.63) is 35.4 Å². The van der Waals surface area contributed by atoms with Crippen LogP contribution in [0.5, 0.6) is 0 Å². The molecule has 0 saturated carbocycles. The topological polar surface area (TPSA) is 12.0 Å². The molecule has 1 aliphatic heterocycles. The molecule has 0 atom stereocenters. The molecular weight excluding hydrogens is 218 g/mol. The molecule has 1 aliphatic rings. The van der Waals surface area contributed by atoms with Crippen LogP contribution in [0.15, 0.2) is 24.3 Å². The van der Waals surface area contributed by atoms with Crippen molar-refractivity contribution in [2.45, 2.75) is 57.8 Å². The predicted octanol–water partition coefficient (Wildman–Crippen LogP) is 4.20. The van der Waals surface area contributed by atoms with E-state index in [0.717, 1.165) is 0 Å². The minimum absolute atomic E-state index is 0.443. The van der Waals surface area contributed by atoms with Gasteiger partial charge in [-0.2, -0.15) is 0 Å². The minimum Gasteiger partial charge on any atom is -0.315 e. The summed E-state index contributed by atoms with van der Waals surface area (Å²) >= 11 is 0. The predicted molar refractivity (Wildman–Crippen MR) is 79.1 cm³/mol. The van der Waals surface area contributed by atoms with Crippen LogP contribution in [0.3, 0.4) is 0 Å². The highest BCUT2D eigenvalue weighted by atomic mass is 15.0. The molecule has 1 fully saturated rings. The normalized spacial score (nSPS) is 17.4. The van der Waals surface area contributed by atoms with Gasteiger partial charge >= 0.3 is 0 Å². The van der Waals surface area contributed by atoms with Crippen molar-refractivity contribution in [1.29, 1.82) is 0 Å². The fourth-order valence-corrected chi connectivity index (χ4v) is 2.99. The van der Waals surface area contributed by atoms with Gasteiger partial charge in [0.05, 0.1) is 0 Å². The SMILES string of the molecule is CCCCCCCC1(c2cccc(C)c2)CNC1. The summed E-state index contributed by atoms with van der Waals surface area (Å²) in [6.07, 6.45) is 8.29. The molecule has 0 unspecified atom stereocenters. The average Bonchev–Trinajstić information content (AvgIpc) is 2.32. The van der Waals surface area contributed by atoms with Gasteiger partial charge in [-0.05, 0) is 18.9 Å². The first-order chi connectivity index (χ1) is 8.77. The molecule has 0 aliphatic carbocycles. The third-order valence-electron chi connectivity index (χ3n) is 4.32. The number of aryl methyl sites for hydroxylation is 1. The van der Waals surface area contributed by atoms with Gasteiger partial charge < -0.3 is 5.32 Å². The number of rotatable bonds is 7. The highest BCUT2D eigenvalue weighted by Gasteiger charge is 2.37. The number of benzene rings is 1. The summed E-state index contributed by atoms with van der Waals surface area (Å²) in [5.41, 5.74) is 3.39. The van der Waals surface area contributed by atoms with E-state index in [9.17, 15) is 0 Å². The van der Waals surface area contributed by atoms with Crippen molar-refractivity contribution < 1.29 is 0 Å². The van der Waals surface area contributed by atoms with Crippen molar-refractivity contribution in [3.8, 4) is 0 Å². The van der Waals surface area contributed by atoms with Crippen LogP contribution >= 0.6 is 0 Å². The Bertz CT molecular complexity index is 366. The summed E-state index contributed by atoms with van der Waals surface area (Å²) in [6, 6.07) is 9.11. The van der Waals surface area contributed by atoms with Crippen molar-refractivity contribution in [3.63, 3.8) is 0 Å².